The summed E-state index contributed by atoms with van der Waals surface area (Å²) in [5.41, 5.74) is 1.37. The average molecular weight is 222 g/mol. The van der Waals surface area contributed by atoms with Crippen molar-refractivity contribution in [3.63, 3.8) is 0 Å². The number of hydrogen-bond donors (Lipinski definition) is 1. The smallest absolute Gasteiger partial charge is 0.106 e. The summed E-state index contributed by atoms with van der Waals surface area (Å²) in [6.07, 6.45) is 10.3. The van der Waals surface area contributed by atoms with E-state index < -0.39 is 0 Å². The van der Waals surface area contributed by atoms with Crippen LogP contribution in [0.1, 0.15) is 39.0 Å². The molecular weight excluding hydrogens is 200 g/mol. The Balaban J connectivity index is 1.92. The molecule has 2 atom stereocenters. The Bertz CT molecular complexity index is 286. The van der Waals surface area contributed by atoms with Crippen molar-refractivity contribution < 1.29 is 5.11 Å². The van der Waals surface area contributed by atoms with Gasteiger partial charge in [-0.3, -0.25) is 9.89 Å². The van der Waals surface area contributed by atoms with Gasteiger partial charge in [0, 0.05) is 25.2 Å². The summed E-state index contributed by atoms with van der Waals surface area (Å²) in [4.78, 5) is 6.99. The van der Waals surface area contributed by atoms with Gasteiger partial charge in [0.25, 0.3) is 0 Å². The molecule has 2 heterocycles. The summed E-state index contributed by atoms with van der Waals surface area (Å²) >= 11 is 0. The van der Waals surface area contributed by atoms with E-state index in [1.54, 1.807) is 0 Å². The summed E-state index contributed by atoms with van der Waals surface area (Å²) < 4.78 is 0. The third kappa shape index (κ3) is 2.53. The number of hydrogen-bond acceptors (Lipinski definition) is 3. The standard InChI is InChI=1S/C13H22N2O/c1-2-4-11-6-7-13(14-9-11)15-8-3-5-12(15)10-16/h6,9,12-13,16H,2-5,7-8,10H2,1H3/t12-,13?/m0/s1. The highest BCUT2D eigenvalue weighted by molar-refractivity contribution is 5.79. The Hall–Kier alpha value is -0.670. The van der Waals surface area contributed by atoms with Crippen LogP contribution in [-0.2, 0) is 0 Å². The maximum Gasteiger partial charge on any atom is 0.106 e. The van der Waals surface area contributed by atoms with E-state index >= 15 is 0 Å². The Kier molecular flexibility index (Phi) is 4.13. The first-order chi connectivity index (χ1) is 7.85. The van der Waals surface area contributed by atoms with Crippen molar-refractivity contribution in [2.75, 3.05) is 13.2 Å². The number of nitrogens with zero attached hydrogens (tertiary/aromatic N) is 2. The van der Waals surface area contributed by atoms with Crippen molar-refractivity contribution in [1.29, 1.82) is 0 Å². The average Bonchev–Trinajstić information content (AvgIpc) is 2.78. The first-order valence-corrected chi connectivity index (χ1v) is 6.44. The highest BCUT2D eigenvalue weighted by atomic mass is 16.3. The lowest BCUT2D eigenvalue weighted by Crippen LogP contribution is -2.40. The molecule has 1 N–H and O–H groups in total. The van der Waals surface area contributed by atoms with E-state index in [2.05, 4.69) is 22.9 Å². The number of dihydropyridines is 1. The molecule has 0 amide bonds. The first-order valence-electron chi connectivity index (χ1n) is 6.44. The first kappa shape index (κ1) is 11.8. The van der Waals surface area contributed by atoms with Crippen molar-refractivity contribution in [2.24, 2.45) is 4.99 Å². The van der Waals surface area contributed by atoms with Crippen LogP contribution >= 0.6 is 0 Å². The van der Waals surface area contributed by atoms with Crippen LogP contribution in [0.5, 0.6) is 0 Å². The molecular formula is C13H22N2O. The van der Waals surface area contributed by atoms with Crippen molar-refractivity contribution in [3.8, 4) is 0 Å². The van der Waals surface area contributed by atoms with Crippen molar-refractivity contribution in [1.82, 2.24) is 4.90 Å². The lowest BCUT2D eigenvalue weighted by atomic mass is 10.1. The van der Waals surface area contributed by atoms with Gasteiger partial charge in [-0.25, -0.2) is 0 Å². The molecule has 0 aromatic rings. The van der Waals surface area contributed by atoms with E-state index in [0.717, 1.165) is 25.8 Å². The number of likely N-dealkylation sites (tertiary alicyclic amines) is 1. The van der Waals surface area contributed by atoms with E-state index in [-0.39, 0.29) is 12.8 Å². The highest BCUT2D eigenvalue weighted by Gasteiger charge is 2.29. The Morgan fingerprint density at radius 1 is 1.56 bits per heavy atom. The predicted molar refractivity (Wildman–Crippen MR) is 66.7 cm³/mol. The predicted octanol–water partition coefficient (Wildman–Crippen LogP) is 1.97. The van der Waals surface area contributed by atoms with Gasteiger partial charge in [-0.05, 0) is 24.8 Å². The molecule has 0 aromatic heterocycles. The Morgan fingerprint density at radius 2 is 2.44 bits per heavy atom. The molecule has 1 fully saturated rings. The van der Waals surface area contributed by atoms with Gasteiger partial charge in [0.2, 0.25) is 0 Å². The molecule has 3 nitrogen and oxygen atoms in total. The zero-order valence-electron chi connectivity index (χ0n) is 10.1. The second-order valence-corrected chi connectivity index (χ2v) is 4.74. The summed E-state index contributed by atoms with van der Waals surface area (Å²) in [5.74, 6) is 0. The molecule has 0 spiro atoms. The van der Waals surface area contributed by atoms with Crippen LogP contribution in [0.2, 0.25) is 0 Å². The summed E-state index contributed by atoms with van der Waals surface area (Å²) in [7, 11) is 0. The van der Waals surface area contributed by atoms with Crippen LogP contribution in [0.4, 0.5) is 0 Å². The minimum atomic E-state index is 0.275. The highest BCUT2D eigenvalue weighted by Crippen LogP contribution is 2.24. The molecule has 16 heavy (non-hydrogen) atoms. The molecule has 0 aromatic carbocycles. The van der Waals surface area contributed by atoms with Crippen molar-refractivity contribution in [2.45, 2.75) is 51.2 Å². The molecule has 3 heteroatoms. The van der Waals surface area contributed by atoms with Gasteiger partial charge in [0.1, 0.15) is 6.17 Å². The largest absolute Gasteiger partial charge is 0.395 e. The summed E-state index contributed by atoms with van der Waals surface area (Å²) in [5, 5.41) is 9.29. The lowest BCUT2D eigenvalue weighted by Gasteiger charge is -2.30. The second kappa shape index (κ2) is 5.60. The van der Waals surface area contributed by atoms with E-state index in [1.165, 1.54) is 18.4 Å². The molecule has 0 aliphatic carbocycles. The van der Waals surface area contributed by atoms with Crippen LogP contribution in [-0.4, -0.2) is 41.6 Å². The normalized spacial score (nSPS) is 30.8. The lowest BCUT2D eigenvalue weighted by molar-refractivity contribution is 0.122. The monoisotopic (exact) mass is 222 g/mol. The van der Waals surface area contributed by atoms with Gasteiger partial charge >= 0.3 is 0 Å². The molecule has 0 saturated carbocycles. The minimum absolute atomic E-state index is 0.275. The molecule has 1 unspecified atom stereocenters. The molecule has 2 rings (SSSR count). The van der Waals surface area contributed by atoms with Crippen LogP contribution in [0.3, 0.4) is 0 Å². The van der Waals surface area contributed by atoms with E-state index in [4.69, 9.17) is 0 Å². The van der Waals surface area contributed by atoms with E-state index in [9.17, 15) is 5.11 Å². The van der Waals surface area contributed by atoms with Crippen LogP contribution in [0, 0.1) is 0 Å². The van der Waals surface area contributed by atoms with Crippen molar-refractivity contribution in [3.05, 3.63) is 11.6 Å². The summed E-state index contributed by atoms with van der Waals surface area (Å²) in [6, 6.07) is 0.336. The quantitative estimate of drug-likeness (QED) is 0.789. The van der Waals surface area contributed by atoms with Crippen LogP contribution in [0.25, 0.3) is 0 Å². The molecule has 1 saturated heterocycles. The van der Waals surface area contributed by atoms with E-state index in [1.807, 2.05) is 6.21 Å². The number of aliphatic imine (C=N–C) groups is 1. The van der Waals surface area contributed by atoms with Gasteiger partial charge in [-0.1, -0.05) is 19.4 Å². The van der Waals surface area contributed by atoms with Gasteiger partial charge in [-0.2, -0.15) is 0 Å². The van der Waals surface area contributed by atoms with E-state index in [0.29, 0.717) is 6.04 Å². The third-order valence-electron chi connectivity index (χ3n) is 3.56. The number of allylic oxidation sites excluding steroid dienone is 1. The number of aliphatic hydroxyl groups is 1. The van der Waals surface area contributed by atoms with Crippen LogP contribution in [0.15, 0.2) is 16.6 Å². The van der Waals surface area contributed by atoms with Crippen LogP contribution < -0.4 is 0 Å². The Morgan fingerprint density at radius 3 is 3.06 bits per heavy atom. The van der Waals surface area contributed by atoms with Gasteiger partial charge in [0.15, 0.2) is 0 Å². The third-order valence-corrected chi connectivity index (χ3v) is 3.56. The SMILES string of the molecule is CCCC1=CCC(N2CCC[C@H]2CO)N=C1. The van der Waals surface area contributed by atoms with Gasteiger partial charge < -0.3 is 5.11 Å². The minimum Gasteiger partial charge on any atom is -0.395 e. The van der Waals surface area contributed by atoms with Crippen molar-refractivity contribution >= 4 is 6.21 Å². The molecule has 2 aliphatic rings. The zero-order chi connectivity index (χ0) is 11.4. The second-order valence-electron chi connectivity index (χ2n) is 4.74. The fraction of sp³-hybridized carbons (Fsp3) is 0.769. The fourth-order valence-corrected chi connectivity index (χ4v) is 2.67. The maximum absolute atomic E-state index is 9.29. The molecule has 0 bridgehead atoms. The Labute approximate surface area is 97.9 Å². The number of rotatable bonds is 4. The zero-order valence-corrected chi connectivity index (χ0v) is 10.1. The number of aliphatic hydroxyl groups excluding tert-OH is 1. The summed E-state index contributed by atoms with van der Waals surface area (Å²) in [6.45, 7) is 3.56. The maximum atomic E-state index is 9.29. The molecule has 2 aliphatic heterocycles. The van der Waals surface area contributed by atoms with Gasteiger partial charge in [0.05, 0.1) is 6.61 Å². The molecule has 0 radical (unpaired) electrons. The van der Waals surface area contributed by atoms with Gasteiger partial charge in [-0.15, -0.1) is 0 Å². The fourth-order valence-electron chi connectivity index (χ4n) is 2.67. The molecule has 90 valence electrons. The topological polar surface area (TPSA) is 35.8 Å².